The maximum Gasteiger partial charge on any atom is 0.255 e. The molecule has 2 rings (SSSR count). The molecule has 4 heteroatoms. The zero-order valence-corrected chi connectivity index (χ0v) is 10.4. The fourth-order valence-corrected chi connectivity index (χ4v) is 2.42. The molecule has 17 heavy (non-hydrogen) atoms. The Kier molecular flexibility index (Phi) is 3.05. The van der Waals surface area contributed by atoms with Crippen molar-refractivity contribution in [1.29, 1.82) is 0 Å². The molecule has 1 amide bonds. The molecule has 0 aromatic carbocycles. The molecule has 0 spiro atoms. The number of carbonyl (C=O) groups is 1. The van der Waals surface area contributed by atoms with Gasteiger partial charge < -0.3 is 11.1 Å². The van der Waals surface area contributed by atoms with Crippen molar-refractivity contribution in [3.05, 3.63) is 24.0 Å². The van der Waals surface area contributed by atoms with Crippen molar-refractivity contribution in [3.63, 3.8) is 0 Å². The number of aromatic nitrogens is 1. The molecule has 1 aromatic rings. The van der Waals surface area contributed by atoms with Crippen LogP contribution in [0.3, 0.4) is 0 Å². The molecular weight excluding hydrogens is 214 g/mol. The lowest BCUT2D eigenvalue weighted by Crippen LogP contribution is -2.34. The Bertz CT molecular complexity index is 428. The van der Waals surface area contributed by atoms with Gasteiger partial charge in [0.15, 0.2) is 0 Å². The molecule has 1 fully saturated rings. The van der Waals surface area contributed by atoms with Crippen molar-refractivity contribution in [2.75, 3.05) is 5.73 Å². The smallest absolute Gasteiger partial charge is 0.255 e. The van der Waals surface area contributed by atoms with E-state index in [-0.39, 0.29) is 11.9 Å². The summed E-state index contributed by atoms with van der Waals surface area (Å²) < 4.78 is 0. The minimum Gasteiger partial charge on any atom is -0.398 e. The molecule has 92 valence electrons. The molecule has 1 aliphatic rings. The van der Waals surface area contributed by atoms with Gasteiger partial charge in [-0.05, 0) is 30.7 Å². The second-order valence-electron chi connectivity index (χ2n) is 5.54. The molecule has 0 bridgehead atoms. The van der Waals surface area contributed by atoms with Gasteiger partial charge in [-0.1, -0.05) is 13.8 Å². The van der Waals surface area contributed by atoms with E-state index < -0.39 is 0 Å². The highest BCUT2D eigenvalue weighted by molar-refractivity contribution is 5.98. The predicted molar refractivity (Wildman–Crippen MR) is 67.5 cm³/mol. The van der Waals surface area contributed by atoms with Crippen LogP contribution in [0.5, 0.6) is 0 Å². The number of nitrogens with two attached hydrogens (primary N) is 1. The maximum atomic E-state index is 12.0. The first kappa shape index (κ1) is 11.9. The van der Waals surface area contributed by atoms with Crippen LogP contribution in [0, 0.1) is 5.41 Å². The minimum atomic E-state index is -0.113. The van der Waals surface area contributed by atoms with Gasteiger partial charge >= 0.3 is 0 Å². The normalized spacial score (nSPS) is 22.4. The Morgan fingerprint density at radius 1 is 1.59 bits per heavy atom. The molecule has 0 saturated heterocycles. The molecule has 1 aromatic heterocycles. The summed E-state index contributed by atoms with van der Waals surface area (Å²) in [6, 6.07) is 1.91. The number of anilines is 1. The van der Waals surface area contributed by atoms with Crippen molar-refractivity contribution < 1.29 is 4.79 Å². The van der Waals surface area contributed by atoms with Crippen LogP contribution < -0.4 is 11.1 Å². The first-order valence-corrected chi connectivity index (χ1v) is 5.98. The molecule has 1 aliphatic carbocycles. The van der Waals surface area contributed by atoms with E-state index in [2.05, 4.69) is 24.1 Å². The summed E-state index contributed by atoms with van der Waals surface area (Å²) in [7, 11) is 0. The minimum absolute atomic E-state index is 0.113. The molecule has 3 N–H and O–H groups in total. The second-order valence-corrected chi connectivity index (χ2v) is 5.54. The van der Waals surface area contributed by atoms with Crippen molar-refractivity contribution in [3.8, 4) is 0 Å². The van der Waals surface area contributed by atoms with Gasteiger partial charge in [-0.25, -0.2) is 0 Å². The monoisotopic (exact) mass is 233 g/mol. The first-order chi connectivity index (χ1) is 7.98. The number of hydrogen-bond donors (Lipinski definition) is 2. The highest BCUT2D eigenvalue weighted by atomic mass is 16.1. The summed E-state index contributed by atoms with van der Waals surface area (Å²) in [6.45, 7) is 4.47. The van der Waals surface area contributed by atoms with Gasteiger partial charge in [0.2, 0.25) is 0 Å². The Balaban J connectivity index is 2.01. The Labute approximate surface area is 102 Å². The van der Waals surface area contributed by atoms with Crippen LogP contribution in [0.2, 0.25) is 0 Å². The topological polar surface area (TPSA) is 68.0 Å². The van der Waals surface area contributed by atoms with Gasteiger partial charge in [-0.2, -0.15) is 0 Å². The van der Waals surface area contributed by atoms with Crippen LogP contribution in [0.1, 0.15) is 43.5 Å². The zero-order chi connectivity index (χ0) is 12.5. The molecule has 4 nitrogen and oxygen atoms in total. The van der Waals surface area contributed by atoms with Crippen LogP contribution in [0.4, 0.5) is 5.69 Å². The number of nitrogens with one attached hydrogen (secondary N) is 1. The number of nitrogens with zero attached hydrogens (tertiary/aromatic N) is 1. The largest absolute Gasteiger partial charge is 0.398 e. The molecule has 1 unspecified atom stereocenters. The predicted octanol–water partition coefficient (Wildman–Crippen LogP) is 1.97. The van der Waals surface area contributed by atoms with Crippen LogP contribution in [-0.4, -0.2) is 16.9 Å². The molecule has 1 saturated carbocycles. The van der Waals surface area contributed by atoms with Crippen molar-refractivity contribution >= 4 is 11.6 Å². The molecule has 0 aliphatic heterocycles. The van der Waals surface area contributed by atoms with E-state index in [1.807, 2.05) is 0 Å². The quantitative estimate of drug-likeness (QED) is 0.820. The number of nitrogen functional groups attached to an aromatic ring is 1. The third kappa shape index (κ3) is 2.75. The highest BCUT2D eigenvalue weighted by Gasteiger charge is 2.31. The number of rotatable bonds is 2. The lowest BCUT2D eigenvalue weighted by Gasteiger charge is -2.18. The number of pyridine rings is 1. The lowest BCUT2D eigenvalue weighted by molar-refractivity contribution is 0.0936. The average Bonchev–Trinajstić information content (AvgIpc) is 2.58. The van der Waals surface area contributed by atoms with E-state index in [0.717, 1.165) is 19.3 Å². The van der Waals surface area contributed by atoms with Crippen LogP contribution in [0.15, 0.2) is 18.5 Å². The molecule has 0 radical (unpaired) electrons. The van der Waals surface area contributed by atoms with Crippen LogP contribution in [0.25, 0.3) is 0 Å². The SMILES string of the molecule is CC1(C)CCC(NC(=O)c2cnccc2N)C1. The summed E-state index contributed by atoms with van der Waals surface area (Å²) in [4.78, 5) is 15.9. The van der Waals surface area contributed by atoms with E-state index in [0.29, 0.717) is 16.7 Å². The van der Waals surface area contributed by atoms with E-state index in [1.54, 1.807) is 12.3 Å². The van der Waals surface area contributed by atoms with Crippen LogP contribution in [-0.2, 0) is 0 Å². The maximum absolute atomic E-state index is 12.0. The summed E-state index contributed by atoms with van der Waals surface area (Å²) in [5.74, 6) is -0.113. The lowest BCUT2D eigenvalue weighted by atomic mass is 9.92. The van der Waals surface area contributed by atoms with E-state index in [9.17, 15) is 4.79 Å². The van der Waals surface area contributed by atoms with Crippen molar-refractivity contribution in [1.82, 2.24) is 10.3 Å². The van der Waals surface area contributed by atoms with Crippen molar-refractivity contribution in [2.45, 2.75) is 39.2 Å². The fourth-order valence-electron chi connectivity index (χ4n) is 2.42. The van der Waals surface area contributed by atoms with E-state index in [1.165, 1.54) is 6.20 Å². The van der Waals surface area contributed by atoms with Gasteiger partial charge in [0, 0.05) is 24.1 Å². The number of hydrogen-bond acceptors (Lipinski definition) is 3. The van der Waals surface area contributed by atoms with Gasteiger partial charge in [-0.15, -0.1) is 0 Å². The summed E-state index contributed by atoms with van der Waals surface area (Å²) in [6.07, 6.45) is 6.33. The first-order valence-electron chi connectivity index (χ1n) is 5.98. The van der Waals surface area contributed by atoms with Gasteiger partial charge in [0.1, 0.15) is 0 Å². The molecule has 1 heterocycles. The second kappa shape index (κ2) is 4.35. The zero-order valence-electron chi connectivity index (χ0n) is 10.4. The third-order valence-corrected chi connectivity index (χ3v) is 3.40. The van der Waals surface area contributed by atoms with E-state index >= 15 is 0 Å². The van der Waals surface area contributed by atoms with Crippen LogP contribution >= 0.6 is 0 Å². The molecular formula is C13H19N3O. The third-order valence-electron chi connectivity index (χ3n) is 3.40. The Morgan fingerprint density at radius 3 is 2.94 bits per heavy atom. The number of carbonyl (C=O) groups excluding carboxylic acids is 1. The summed E-state index contributed by atoms with van der Waals surface area (Å²) in [5.41, 5.74) is 7.03. The number of amides is 1. The Morgan fingerprint density at radius 2 is 2.35 bits per heavy atom. The van der Waals surface area contributed by atoms with Gasteiger partial charge in [0.05, 0.1) is 5.56 Å². The van der Waals surface area contributed by atoms with Gasteiger partial charge in [0.25, 0.3) is 5.91 Å². The Hall–Kier alpha value is -1.58. The standard InChI is InChI=1S/C13H19N3O/c1-13(2)5-3-9(7-13)16-12(17)10-8-15-6-4-11(10)14/h4,6,8-9H,3,5,7H2,1-2H3,(H2,14,15)(H,16,17). The van der Waals surface area contributed by atoms with Gasteiger partial charge in [-0.3, -0.25) is 9.78 Å². The summed E-state index contributed by atoms with van der Waals surface area (Å²) >= 11 is 0. The molecule has 1 atom stereocenters. The fraction of sp³-hybridized carbons (Fsp3) is 0.538. The van der Waals surface area contributed by atoms with E-state index in [4.69, 9.17) is 5.73 Å². The summed E-state index contributed by atoms with van der Waals surface area (Å²) in [5, 5.41) is 3.03. The average molecular weight is 233 g/mol. The van der Waals surface area contributed by atoms with Crippen molar-refractivity contribution in [2.24, 2.45) is 5.41 Å². The highest BCUT2D eigenvalue weighted by Crippen LogP contribution is 2.37.